The number of halogens is 1. The van der Waals surface area contributed by atoms with Crippen molar-refractivity contribution in [3.05, 3.63) is 75.1 Å². The highest BCUT2D eigenvalue weighted by molar-refractivity contribution is 6.30. The summed E-state index contributed by atoms with van der Waals surface area (Å²) in [7, 11) is 1.29. The van der Waals surface area contributed by atoms with Crippen molar-refractivity contribution in [2.45, 2.75) is 12.0 Å². The number of carbonyl (C=O) groups is 1. The molecule has 5 nitrogen and oxygen atoms in total. The molecule has 0 bridgehead atoms. The molecule has 0 spiro atoms. The van der Waals surface area contributed by atoms with Crippen molar-refractivity contribution in [3.8, 4) is 5.75 Å². The summed E-state index contributed by atoms with van der Waals surface area (Å²) in [5.41, 5.74) is 0.921. The molecule has 6 heteroatoms. The molecule has 0 N–H and O–H groups in total. The summed E-state index contributed by atoms with van der Waals surface area (Å²) in [5, 5.41) is 1.20. The van der Waals surface area contributed by atoms with Crippen LogP contribution < -0.4 is 10.4 Å². The zero-order valence-corrected chi connectivity index (χ0v) is 13.9. The van der Waals surface area contributed by atoms with Gasteiger partial charge in [0.2, 0.25) is 6.10 Å². The molecule has 4 rings (SSSR count). The molecule has 0 unspecified atom stereocenters. The molecule has 2 atom stereocenters. The minimum Gasteiger partial charge on any atom is -0.476 e. The van der Waals surface area contributed by atoms with E-state index in [-0.39, 0.29) is 0 Å². The molecule has 0 amide bonds. The summed E-state index contributed by atoms with van der Waals surface area (Å²) in [4.78, 5) is 24.9. The van der Waals surface area contributed by atoms with Gasteiger partial charge < -0.3 is 13.9 Å². The Bertz CT molecular complexity index is 1020. The molecule has 25 heavy (non-hydrogen) atoms. The highest BCUT2D eigenvalue weighted by Gasteiger charge is 2.44. The maximum atomic E-state index is 12.6. The smallest absolute Gasteiger partial charge is 0.348 e. The standard InChI is InChI=1S/C19H13ClO5/c1-23-19(22)17-14(10-6-8-11(20)9-7-10)15-16(25-17)12-4-2-3-5-13(12)24-18(15)21/h2-9,14,17H,1H3/t14-,17+/m0/s1. The molecule has 1 aromatic heterocycles. The topological polar surface area (TPSA) is 65.7 Å². The lowest BCUT2D eigenvalue weighted by atomic mass is 9.88. The van der Waals surface area contributed by atoms with Crippen LogP contribution in [0.5, 0.6) is 5.75 Å². The van der Waals surface area contributed by atoms with Gasteiger partial charge in [0.1, 0.15) is 11.3 Å². The van der Waals surface area contributed by atoms with E-state index in [4.69, 9.17) is 25.5 Å². The Morgan fingerprint density at radius 3 is 2.56 bits per heavy atom. The van der Waals surface area contributed by atoms with Gasteiger partial charge in [-0.1, -0.05) is 35.9 Å². The number of fused-ring (bicyclic) bond motifs is 3. The SMILES string of the molecule is COC(=O)[C@@H]1Oc2c(c(=O)oc3ccccc23)[C@@H]1c1ccc(Cl)cc1. The first kappa shape index (κ1) is 15.7. The maximum absolute atomic E-state index is 12.6. The van der Waals surface area contributed by atoms with Crippen molar-refractivity contribution in [3.63, 3.8) is 0 Å². The predicted octanol–water partition coefficient (Wildman–Crippen LogP) is 3.51. The molecular formula is C19H13ClO5. The fourth-order valence-electron chi connectivity index (χ4n) is 3.19. The summed E-state index contributed by atoms with van der Waals surface area (Å²) >= 11 is 5.95. The van der Waals surface area contributed by atoms with E-state index >= 15 is 0 Å². The first-order chi connectivity index (χ1) is 12.1. The molecule has 0 saturated carbocycles. The highest BCUT2D eigenvalue weighted by atomic mass is 35.5. The molecule has 2 heterocycles. The van der Waals surface area contributed by atoms with Crippen LogP contribution in [-0.4, -0.2) is 19.2 Å². The van der Waals surface area contributed by atoms with Crippen molar-refractivity contribution >= 4 is 28.5 Å². The Hall–Kier alpha value is -2.79. The summed E-state index contributed by atoms with van der Waals surface area (Å²) in [6.07, 6.45) is -0.963. The third-order valence-corrected chi connectivity index (χ3v) is 4.57. The first-order valence-corrected chi connectivity index (χ1v) is 8.03. The second-order valence-electron chi connectivity index (χ2n) is 5.72. The first-order valence-electron chi connectivity index (χ1n) is 7.66. The fraction of sp³-hybridized carbons (Fsp3) is 0.158. The molecule has 3 aromatic rings. The van der Waals surface area contributed by atoms with Gasteiger partial charge in [0.25, 0.3) is 0 Å². The van der Waals surface area contributed by atoms with Gasteiger partial charge in [0.15, 0.2) is 0 Å². The number of benzene rings is 2. The van der Waals surface area contributed by atoms with Gasteiger partial charge in [0, 0.05) is 5.02 Å². The zero-order chi connectivity index (χ0) is 17.6. The second-order valence-corrected chi connectivity index (χ2v) is 6.16. The van der Waals surface area contributed by atoms with E-state index in [0.29, 0.717) is 27.3 Å². The third kappa shape index (κ3) is 2.48. The number of ether oxygens (including phenoxy) is 2. The molecule has 126 valence electrons. The van der Waals surface area contributed by atoms with Crippen LogP contribution in [0.4, 0.5) is 0 Å². The van der Waals surface area contributed by atoms with E-state index in [1.807, 2.05) is 6.07 Å². The molecule has 0 aliphatic carbocycles. The summed E-state index contributed by atoms with van der Waals surface area (Å²) < 4.78 is 16.2. The molecular weight excluding hydrogens is 344 g/mol. The van der Waals surface area contributed by atoms with Gasteiger partial charge in [-0.15, -0.1) is 0 Å². The number of esters is 1. The van der Waals surface area contributed by atoms with Gasteiger partial charge in [-0.2, -0.15) is 0 Å². The predicted molar refractivity (Wildman–Crippen MR) is 92.2 cm³/mol. The van der Waals surface area contributed by atoms with E-state index in [0.717, 1.165) is 5.56 Å². The van der Waals surface area contributed by atoms with E-state index in [1.165, 1.54) is 7.11 Å². The number of para-hydroxylation sites is 1. The van der Waals surface area contributed by atoms with Crippen molar-refractivity contribution < 1.29 is 18.7 Å². The van der Waals surface area contributed by atoms with Crippen LogP contribution in [-0.2, 0) is 9.53 Å². The van der Waals surface area contributed by atoms with Crippen LogP contribution in [0, 0.1) is 0 Å². The lowest BCUT2D eigenvalue weighted by molar-refractivity contribution is -0.148. The average molecular weight is 357 g/mol. The Kier molecular flexibility index (Phi) is 3.73. The summed E-state index contributed by atoms with van der Waals surface area (Å²) in [6, 6.07) is 14.0. The number of hydrogen-bond acceptors (Lipinski definition) is 5. The van der Waals surface area contributed by atoms with Gasteiger partial charge in [-0.3, -0.25) is 0 Å². The van der Waals surface area contributed by atoms with Crippen LogP contribution >= 0.6 is 11.6 Å². The van der Waals surface area contributed by atoms with E-state index in [1.54, 1.807) is 42.5 Å². The van der Waals surface area contributed by atoms with Crippen LogP contribution in [0.1, 0.15) is 17.0 Å². The van der Waals surface area contributed by atoms with Crippen LogP contribution in [0.2, 0.25) is 5.02 Å². The average Bonchev–Trinajstić information content (AvgIpc) is 3.03. The molecule has 2 aromatic carbocycles. The molecule has 0 radical (unpaired) electrons. The molecule has 1 aliphatic heterocycles. The Morgan fingerprint density at radius 2 is 1.84 bits per heavy atom. The van der Waals surface area contributed by atoms with Crippen molar-refractivity contribution in [2.24, 2.45) is 0 Å². The van der Waals surface area contributed by atoms with E-state index < -0.39 is 23.6 Å². The highest BCUT2D eigenvalue weighted by Crippen LogP contribution is 2.44. The Labute approximate surface area is 147 Å². The van der Waals surface area contributed by atoms with E-state index in [2.05, 4.69) is 0 Å². The maximum Gasteiger partial charge on any atom is 0.348 e. The number of carbonyl (C=O) groups excluding carboxylic acids is 1. The van der Waals surface area contributed by atoms with Crippen molar-refractivity contribution in [2.75, 3.05) is 7.11 Å². The molecule has 0 saturated heterocycles. The van der Waals surface area contributed by atoms with E-state index in [9.17, 15) is 9.59 Å². The quantitative estimate of drug-likeness (QED) is 0.519. The largest absolute Gasteiger partial charge is 0.476 e. The summed E-state index contributed by atoms with van der Waals surface area (Å²) in [5.74, 6) is -0.817. The lowest BCUT2D eigenvalue weighted by Crippen LogP contribution is -2.31. The van der Waals surface area contributed by atoms with Crippen LogP contribution in [0.15, 0.2) is 57.7 Å². The van der Waals surface area contributed by atoms with Gasteiger partial charge >= 0.3 is 11.6 Å². The zero-order valence-electron chi connectivity index (χ0n) is 13.2. The minimum absolute atomic E-state index is 0.316. The monoisotopic (exact) mass is 356 g/mol. The molecule has 1 aliphatic rings. The van der Waals surface area contributed by atoms with Gasteiger partial charge in [0.05, 0.1) is 24.0 Å². The normalized spacial score (nSPS) is 18.6. The van der Waals surface area contributed by atoms with Gasteiger partial charge in [-0.25, -0.2) is 9.59 Å². The van der Waals surface area contributed by atoms with Gasteiger partial charge in [-0.05, 0) is 29.8 Å². The lowest BCUT2D eigenvalue weighted by Gasteiger charge is -2.16. The fourth-order valence-corrected chi connectivity index (χ4v) is 3.32. The van der Waals surface area contributed by atoms with Crippen LogP contribution in [0.3, 0.4) is 0 Å². The Balaban J connectivity index is 1.98. The van der Waals surface area contributed by atoms with Crippen molar-refractivity contribution in [1.82, 2.24) is 0 Å². The number of methoxy groups -OCH3 is 1. The van der Waals surface area contributed by atoms with Crippen molar-refractivity contribution in [1.29, 1.82) is 0 Å². The molecule has 0 fully saturated rings. The number of hydrogen-bond donors (Lipinski definition) is 0. The minimum atomic E-state index is -0.963. The summed E-state index contributed by atoms with van der Waals surface area (Å²) in [6.45, 7) is 0. The number of rotatable bonds is 2. The second kappa shape index (κ2) is 5.93. The Morgan fingerprint density at radius 1 is 1.12 bits per heavy atom. The third-order valence-electron chi connectivity index (χ3n) is 4.32. The van der Waals surface area contributed by atoms with Crippen LogP contribution in [0.25, 0.3) is 11.0 Å².